The van der Waals surface area contributed by atoms with E-state index < -0.39 is 6.04 Å². The van der Waals surface area contributed by atoms with Crippen molar-refractivity contribution in [2.75, 3.05) is 0 Å². The summed E-state index contributed by atoms with van der Waals surface area (Å²) >= 11 is 0. The standard InChI is InChI=1S/C23H20N6O2/c30-20-13-19(17-9-10-24-14-26-17)27-22-18(7-3-4-12-29(20)22)28-23(31)21-16-6-2-1-5-15(16)8-11-25-21/h1-2,5-6,8-11,13-14,18H,3-4,7,12H2,(H,28,31). The molecule has 5 rings (SSSR count). The van der Waals surface area contributed by atoms with Gasteiger partial charge >= 0.3 is 0 Å². The molecule has 1 aliphatic heterocycles. The molecule has 154 valence electrons. The lowest BCUT2D eigenvalue weighted by atomic mass is 10.1. The predicted molar refractivity (Wildman–Crippen MR) is 115 cm³/mol. The molecule has 0 saturated carbocycles. The van der Waals surface area contributed by atoms with Gasteiger partial charge in [-0.1, -0.05) is 24.3 Å². The SMILES string of the molecule is O=C(NC1CCCCn2c1nc(-c1ccncn1)cc2=O)c1nccc2ccccc12. The monoisotopic (exact) mass is 412 g/mol. The summed E-state index contributed by atoms with van der Waals surface area (Å²) in [5, 5.41) is 4.81. The third kappa shape index (κ3) is 3.68. The van der Waals surface area contributed by atoms with Crippen molar-refractivity contribution >= 4 is 16.7 Å². The van der Waals surface area contributed by atoms with Gasteiger partial charge < -0.3 is 5.32 Å². The fourth-order valence-corrected chi connectivity index (χ4v) is 4.00. The van der Waals surface area contributed by atoms with E-state index in [-0.39, 0.29) is 11.5 Å². The molecule has 1 N–H and O–H groups in total. The van der Waals surface area contributed by atoms with Crippen LogP contribution in [0.4, 0.5) is 0 Å². The van der Waals surface area contributed by atoms with Crippen LogP contribution in [0.1, 0.15) is 41.6 Å². The summed E-state index contributed by atoms with van der Waals surface area (Å²) in [6, 6.07) is 12.3. The average Bonchev–Trinajstić information content (AvgIpc) is 3.02. The molecular formula is C23H20N6O2. The maximum Gasteiger partial charge on any atom is 0.271 e. The highest BCUT2D eigenvalue weighted by molar-refractivity contribution is 6.05. The third-order valence-corrected chi connectivity index (χ3v) is 5.51. The summed E-state index contributed by atoms with van der Waals surface area (Å²) in [6.45, 7) is 0.574. The van der Waals surface area contributed by atoms with Gasteiger partial charge in [-0.3, -0.25) is 19.1 Å². The van der Waals surface area contributed by atoms with E-state index >= 15 is 0 Å². The van der Waals surface area contributed by atoms with Gasteiger partial charge in [0, 0.05) is 30.4 Å². The average molecular weight is 412 g/mol. The molecule has 8 nitrogen and oxygen atoms in total. The van der Waals surface area contributed by atoms with Crippen molar-refractivity contribution in [3.63, 3.8) is 0 Å². The molecule has 0 radical (unpaired) electrons. The Balaban J connectivity index is 1.54. The number of nitrogens with zero attached hydrogens (tertiary/aromatic N) is 5. The number of hydrogen-bond acceptors (Lipinski definition) is 6. The molecule has 1 amide bonds. The Labute approximate surface area is 178 Å². The Bertz CT molecular complexity index is 1310. The van der Waals surface area contributed by atoms with Gasteiger partial charge in [0.05, 0.1) is 17.4 Å². The van der Waals surface area contributed by atoms with Gasteiger partial charge in [0.15, 0.2) is 0 Å². The van der Waals surface area contributed by atoms with E-state index in [0.717, 1.165) is 23.6 Å². The summed E-state index contributed by atoms with van der Waals surface area (Å²) in [6.07, 6.45) is 7.08. The molecule has 31 heavy (non-hydrogen) atoms. The Morgan fingerprint density at radius 3 is 2.81 bits per heavy atom. The maximum absolute atomic E-state index is 13.2. The smallest absolute Gasteiger partial charge is 0.271 e. The normalized spacial score (nSPS) is 15.8. The number of benzene rings is 1. The highest BCUT2D eigenvalue weighted by Crippen LogP contribution is 2.25. The van der Waals surface area contributed by atoms with Crippen molar-refractivity contribution in [3.8, 4) is 11.4 Å². The van der Waals surface area contributed by atoms with Gasteiger partial charge in [-0.25, -0.2) is 15.0 Å². The molecule has 1 unspecified atom stereocenters. The van der Waals surface area contributed by atoms with Crippen LogP contribution in [0, 0.1) is 0 Å². The minimum atomic E-state index is -0.398. The summed E-state index contributed by atoms with van der Waals surface area (Å²) in [5.41, 5.74) is 1.26. The van der Waals surface area contributed by atoms with Gasteiger partial charge in [-0.15, -0.1) is 0 Å². The molecule has 1 aromatic carbocycles. The van der Waals surface area contributed by atoms with E-state index in [4.69, 9.17) is 4.98 Å². The molecule has 3 aromatic heterocycles. The number of hydrogen-bond donors (Lipinski definition) is 1. The Kier molecular flexibility index (Phi) is 4.95. The van der Waals surface area contributed by atoms with Crippen LogP contribution >= 0.6 is 0 Å². The lowest BCUT2D eigenvalue weighted by molar-refractivity contribution is 0.0929. The quantitative estimate of drug-likeness (QED) is 0.555. The number of fused-ring (bicyclic) bond motifs is 2. The van der Waals surface area contributed by atoms with Gasteiger partial charge in [0.1, 0.15) is 17.8 Å². The van der Waals surface area contributed by atoms with Crippen molar-refractivity contribution in [3.05, 3.63) is 83.1 Å². The first-order chi connectivity index (χ1) is 15.2. The Morgan fingerprint density at radius 1 is 1.03 bits per heavy atom. The second-order valence-electron chi connectivity index (χ2n) is 7.49. The lowest BCUT2D eigenvalue weighted by Crippen LogP contribution is -2.34. The highest BCUT2D eigenvalue weighted by Gasteiger charge is 2.25. The van der Waals surface area contributed by atoms with Crippen molar-refractivity contribution in [2.45, 2.75) is 31.8 Å². The summed E-state index contributed by atoms with van der Waals surface area (Å²) in [7, 11) is 0. The zero-order valence-electron chi connectivity index (χ0n) is 16.7. The molecule has 4 aromatic rings. The number of nitrogens with one attached hydrogen (secondary N) is 1. The van der Waals surface area contributed by atoms with Crippen molar-refractivity contribution in [1.29, 1.82) is 0 Å². The van der Waals surface area contributed by atoms with Crippen molar-refractivity contribution < 1.29 is 4.79 Å². The largest absolute Gasteiger partial charge is 0.341 e. The topological polar surface area (TPSA) is 103 Å². The predicted octanol–water partition coefficient (Wildman–Crippen LogP) is 2.90. The van der Waals surface area contributed by atoms with Gasteiger partial charge in [0.25, 0.3) is 11.5 Å². The lowest BCUT2D eigenvalue weighted by Gasteiger charge is -2.20. The summed E-state index contributed by atoms with van der Waals surface area (Å²) < 4.78 is 1.65. The highest BCUT2D eigenvalue weighted by atomic mass is 16.2. The molecule has 4 heterocycles. The van der Waals surface area contributed by atoms with Crippen LogP contribution in [0.3, 0.4) is 0 Å². The molecule has 0 bridgehead atoms. The van der Waals surface area contributed by atoms with Crippen molar-refractivity contribution in [1.82, 2.24) is 29.8 Å². The van der Waals surface area contributed by atoms with Crippen LogP contribution in [0.25, 0.3) is 22.2 Å². The summed E-state index contributed by atoms with van der Waals surface area (Å²) in [5.74, 6) is 0.268. The van der Waals surface area contributed by atoms with Gasteiger partial charge in [0.2, 0.25) is 0 Å². The number of carbonyl (C=O) groups is 1. The molecule has 0 aliphatic carbocycles. The second-order valence-corrected chi connectivity index (χ2v) is 7.49. The molecule has 0 fully saturated rings. The van der Waals surface area contributed by atoms with E-state index in [0.29, 0.717) is 35.9 Å². The van der Waals surface area contributed by atoms with Crippen LogP contribution in [-0.2, 0) is 6.54 Å². The number of carbonyl (C=O) groups excluding carboxylic acids is 1. The van der Waals surface area contributed by atoms with E-state index in [1.807, 2.05) is 30.3 Å². The molecule has 0 spiro atoms. The van der Waals surface area contributed by atoms with E-state index in [2.05, 4.69) is 20.3 Å². The fraction of sp³-hybridized carbons (Fsp3) is 0.217. The van der Waals surface area contributed by atoms with Crippen LogP contribution in [0.2, 0.25) is 0 Å². The van der Waals surface area contributed by atoms with Crippen LogP contribution in [0.5, 0.6) is 0 Å². The second kappa shape index (κ2) is 8.06. The van der Waals surface area contributed by atoms with Crippen LogP contribution in [0.15, 0.2) is 66.0 Å². The summed E-state index contributed by atoms with van der Waals surface area (Å²) in [4.78, 5) is 43.2. The number of aromatic nitrogens is 5. The van der Waals surface area contributed by atoms with Crippen LogP contribution < -0.4 is 10.9 Å². The number of pyridine rings is 1. The Morgan fingerprint density at radius 2 is 1.94 bits per heavy atom. The molecule has 0 saturated heterocycles. The molecule has 1 aliphatic rings. The zero-order valence-corrected chi connectivity index (χ0v) is 16.7. The first-order valence-electron chi connectivity index (χ1n) is 10.2. The molecule has 1 atom stereocenters. The fourth-order valence-electron chi connectivity index (χ4n) is 4.00. The number of amides is 1. The maximum atomic E-state index is 13.2. The first kappa shape index (κ1) is 19.0. The molecule has 8 heteroatoms. The molecular weight excluding hydrogens is 392 g/mol. The minimum absolute atomic E-state index is 0.150. The third-order valence-electron chi connectivity index (χ3n) is 5.51. The first-order valence-corrected chi connectivity index (χ1v) is 10.2. The zero-order chi connectivity index (χ0) is 21.2. The van der Waals surface area contributed by atoms with E-state index in [1.54, 1.807) is 23.0 Å². The van der Waals surface area contributed by atoms with Gasteiger partial charge in [-0.2, -0.15) is 0 Å². The van der Waals surface area contributed by atoms with E-state index in [1.165, 1.54) is 12.4 Å². The van der Waals surface area contributed by atoms with Gasteiger partial charge in [-0.05, 0) is 36.8 Å². The Hall–Kier alpha value is -3.94. The minimum Gasteiger partial charge on any atom is -0.341 e. The van der Waals surface area contributed by atoms with E-state index in [9.17, 15) is 9.59 Å². The van der Waals surface area contributed by atoms with Crippen molar-refractivity contribution in [2.24, 2.45) is 0 Å². The van der Waals surface area contributed by atoms with Crippen LogP contribution in [-0.4, -0.2) is 30.4 Å². The number of rotatable bonds is 3.